The van der Waals surface area contributed by atoms with Gasteiger partial charge in [-0.3, -0.25) is 9.59 Å². The molecule has 120 valence electrons. The zero-order valence-corrected chi connectivity index (χ0v) is 12.3. The molecule has 2 atom stereocenters. The predicted octanol–water partition coefficient (Wildman–Crippen LogP) is 2.98. The van der Waals surface area contributed by atoms with Gasteiger partial charge in [0.15, 0.2) is 0 Å². The van der Waals surface area contributed by atoms with E-state index in [0.717, 1.165) is 10.5 Å². The van der Waals surface area contributed by atoms with Crippen LogP contribution in [0.4, 0.5) is 13.2 Å². The molecule has 1 saturated heterocycles. The number of nitrogens with zero attached hydrogens (tertiary/aromatic N) is 1. The van der Waals surface area contributed by atoms with Gasteiger partial charge in [-0.15, -0.1) is 0 Å². The largest absolute Gasteiger partial charge is 0.481 e. The minimum absolute atomic E-state index is 0.0687. The topological polar surface area (TPSA) is 57.6 Å². The number of carboxylic acids is 1. The first-order valence-corrected chi connectivity index (χ1v) is 6.84. The molecule has 2 rings (SSSR count). The number of aryl methyl sites for hydroxylation is 1. The number of aliphatic carboxylic acids is 1. The maximum absolute atomic E-state index is 12.9. The van der Waals surface area contributed by atoms with E-state index in [4.69, 9.17) is 16.7 Å². The molecule has 1 amide bonds. The highest BCUT2D eigenvalue weighted by Gasteiger charge is 2.53. The summed E-state index contributed by atoms with van der Waals surface area (Å²) in [7, 11) is 0. The molecular formula is C14H13ClF3NO3. The number of hydrogen-bond acceptors (Lipinski definition) is 2. The van der Waals surface area contributed by atoms with Crippen LogP contribution in [0.1, 0.15) is 15.9 Å². The van der Waals surface area contributed by atoms with Crippen LogP contribution in [-0.4, -0.2) is 41.1 Å². The quantitative estimate of drug-likeness (QED) is 0.904. The highest BCUT2D eigenvalue weighted by molar-refractivity contribution is 6.33. The molecule has 1 heterocycles. The minimum Gasteiger partial charge on any atom is -0.481 e. The lowest BCUT2D eigenvalue weighted by molar-refractivity contribution is -0.187. The molecule has 1 aromatic carbocycles. The molecule has 1 aromatic rings. The Morgan fingerprint density at radius 3 is 2.41 bits per heavy atom. The molecule has 22 heavy (non-hydrogen) atoms. The molecule has 0 unspecified atom stereocenters. The second-order valence-electron chi connectivity index (χ2n) is 5.29. The van der Waals surface area contributed by atoms with Crippen LogP contribution in [0.15, 0.2) is 18.2 Å². The zero-order valence-electron chi connectivity index (χ0n) is 11.5. The second kappa shape index (κ2) is 5.79. The Labute approximate surface area is 129 Å². The van der Waals surface area contributed by atoms with Crippen molar-refractivity contribution in [3.8, 4) is 0 Å². The van der Waals surface area contributed by atoms with Gasteiger partial charge in [-0.1, -0.05) is 17.7 Å². The first-order chi connectivity index (χ1) is 10.1. The van der Waals surface area contributed by atoms with Gasteiger partial charge in [-0.2, -0.15) is 13.2 Å². The fourth-order valence-corrected chi connectivity index (χ4v) is 2.83. The van der Waals surface area contributed by atoms with E-state index in [0.29, 0.717) is 0 Å². The number of carbonyl (C=O) groups is 2. The lowest BCUT2D eigenvalue weighted by Gasteiger charge is -2.18. The van der Waals surface area contributed by atoms with Gasteiger partial charge in [-0.05, 0) is 24.6 Å². The molecular weight excluding hydrogens is 323 g/mol. The van der Waals surface area contributed by atoms with Gasteiger partial charge in [0.05, 0.1) is 22.4 Å². The molecule has 0 aromatic heterocycles. The molecule has 4 nitrogen and oxygen atoms in total. The maximum Gasteiger partial charge on any atom is 0.394 e. The van der Waals surface area contributed by atoms with Gasteiger partial charge in [0, 0.05) is 13.1 Å². The van der Waals surface area contributed by atoms with Crippen LogP contribution in [0.3, 0.4) is 0 Å². The summed E-state index contributed by atoms with van der Waals surface area (Å²) in [5.74, 6) is -5.98. The van der Waals surface area contributed by atoms with Gasteiger partial charge in [0.1, 0.15) is 0 Å². The third kappa shape index (κ3) is 3.19. The van der Waals surface area contributed by atoms with Crippen LogP contribution in [0.25, 0.3) is 0 Å². The number of benzene rings is 1. The molecule has 0 radical (unpaired) electrons. The molecule has 1 fully saturated rings. The molecule has 0 spiro atoms. The van der Waals surface area contributed by atoms with Crippen molar-refractivity contribution in [2.75, 3.05) is 13.1 Å². The van der Waals surface area contributed by atoms with Crippen LogP contribution in [0, 0.1) is 18.8 Å². The molecule has 0 aliphatic carbocycles. The Balaban J connectivity index is 2.27. The smallest absolute Gasteiger partial charge is 0.394 e. The van der Waals surface area contributed by atoms with Crippen molar-refractivity contribution >= 4 is 23.5 Å². The summed E-state index contributed by atoms with van der Waals surface area (Å²) < 4.78 is 38.7. The van der Waals surface area contributed by atoms with Gasteiger partial charge < -0.3 is 10.0 Å². The van der Waals surface area contributed by atoms with Gasteiger partial charge in [-0.25, -0.2) is 0 Å². The van der Waals surface area contributed by atoms with E-state index >= 15 is 0 Å². The monoisotopic (exact) mass is 335 g/mol. The van der Waals surface area contributed by atoms with Gasteiger partial charge in [0.2, 0.25) is 0 Å². The number of alkyl halides is 3. The van der Waals surface area contributed by atoms with E-state index in [2.05, 4.69) is 0 Å². The lowest BCUT2D eigenvalue weighted by Crippen LogP contribution is -2.34. The minimum atomic E-state index is -4.67. The SMILES string of the molecule is Cc1ccc(C(=O)N2C[C@@H](C(F)(F)F)[C@H](C(=O)O)C2)c(Cl)c1. The summed E-state index contributed by atoms with van der Waals surface area (Å²) >= 11 is 5.94. The predicted molar refractivity (Wildman–Crippen MR) is 72.8 cm³/mol. The van der Waals surface area contributed by atoms with Crippen LogP contribution in [-0.2, 0) is 4.79 Å². The Morgan fingerprint density at radius 1 is 1.32 bits per heavy atom. The summed E-state index contributed by atoms with van der Waals surface area (Å²) in [6.07, 6.45) is -4.67. The van der Waals surface area contributed by atoms with Crippen molar-refractivity contribution in [3.05, 3.63) is 34.3 Å². The van der Waals surface area contributed by atoms with E-state index in [9.17, 15) is 22.8 Å². The van der Waals surface area contributed by atoms with Crippen LogP contribution in [0.2, 0.25) is 5.02 Å². The fraction of sp³-hybridized carbons (Fsp3) is 0.429. The highest BCUT2D eigenvalue weighted by Crippen LogP contribution is 2.38. The Kier molecular flexibility index (Phi) is 4.37. The second-order valence-corrected chi connectivity index (χ2v) is 5.69. The van der Waals surface area contributed by atoms with Crippen molar-refractivity contribution in [1.82, 2.24) is 4.90 Å². The number of likely N-dealkylation sites (tertiary alicyclic amines) is 1. The molecule has 1 aliphatic heterocycles. The summed E-state index contributed by atoms with van der Waals surface area (Å²) in [6, 6.07) is 4.57. The molecule has 8 heteroatoms. The first kappa shape index (κ1) is 16.6. The standard InChI is InChI=1S/C14H13ClF3NO3/c1-7-2-3-8(11(15)4-7)12(20)19-5-9(13(21)22)10(6-19)14(16,17)18/h2-4,9-10H,5-6H2,1H3,(H,21,22)/t9-,10-/m1/s1. The molecule has 1 aliphatic rings. The van der Waals surface area contributed by atoms with Crippen molar-refractivity contribution in [2.45, 2.75) is 13.1 Å². The normalized spacial score (nSPS) is 22.0. The number of carboxylic acid groups (broad SMARTS) is 1. The van der Waals surface area contributed by atoms with Crippen LogP contribution < -0.4 is 0 Å². The fourth-order valence-electron chi connectivity index (χ4n) is 2.52. The van der Waals surface area contributed by atoms with Crippen LogP contribution in [0.5, 0.6) is 0 Å². The van der Waals surface area contributed by atoms with Crippen molar-refractivity contribution in [2.24, 2.45) is 11.8 Å². The summed E-state index contributed by atoms with van der Waals surface area (Å²) in [5.41, 5.74) is 0.874. The van der Waals surface area contributed by atoms with Crippen molar-refractivity contribution in [3.63, 3.8) is 0 Å². The number of halogens is 4. The summed E-state index contributed by atoms with van der Waals surface area (Å²) in [5, 5.41) is 9.08. The molecule has 0 saturated carbocycles. The van der Waals surface area contributed by atoms with Crippen molar-refractivity contribution in [1.29, 1.82) is 0 Å². The number of carbonyl (C=O) groups excluding carboxylic acids is 1. The van der Waals surface area contributed by atoms with Crippen molar-refractivity contribution < 1.29 is 27.9 Å². The van der Waals surface area contributed by atoms with E-state index in [1.54, 1.807) is 13.0 Å². The number of rotatable bonds is 2. The Hall–Kier alpha value is -1.76. The summed E-state index contributed by atoms with van der Waals surface area (Å²) in [4.78, 5) is 24.2. The van der Waals surface area contributed by atoms with E-state index in [-0.39, 0.29) is 10.6 Å². The molecule has 0 bridgehead atoms. The van der Waals surface area contributed by atoms with Gasteiger partial charge >= 0.3 is 12.1 Å². The Morgan fingerprint density at radius 2 is 1.95 bits per heavy atom. The first-order valence-electron chi connectivity index (χ1n) is 6.46. The third-order valence-corrected chi connectivity index (χ3v) is 4.01. The number of hydrogen-bond donors (Lipinski definition) is 1. The van der Waals surface area contributed by atoms with E-state index in [1.807, 2.05) is 0 Å². The summed E-state index contributed by atoms with van der Waals surface area (Å²) in [6.45, 7) is 0.599. The highest BCUT2D eigenvalue weighted by atomic mass is 35.5. The average molecular weight is 336 g/mol. The maximum atomic E-state index is 12.9. The number of amides is 1. The average Bonchev–Trinajstić information content (AvgIpc) is 2.83. The van der Waals surface area contributed by atoms with Crippen LogP contribution >= 0.6 is 11.6 Å². The third-order valence-electron chi connectivity index (χ3n) is 3.70. The lowest BCUT2D eigenvalue weighted by atomic mass is 9.96. The zero-order chi connectivity index (χ0) is 16.7. The van der Waals surface area contributed by atoms with Gasteiger partial charge in [0.25, 0.3) is 5.91 Å². The Bertz CT molecular complexity index is 618. The van der Waals surface area contributed by atoms with E-state index in [1.165, 1.54) is 12.1 Å². The van der Waals surface area contributed by atoms with E-state index < -0.39 is 43.0 Å². The molecule has 1 N–H and O–H groups in total.